The van der Waals surface area contributed by atoms with Crippen molar-refractivity contribution >= 4 is 6.03 Å². The molecule has 1 aliphatic rings. The average Bonchev–Trinajstić information content (AvgIpc) is 2.19. The molecule has 0 radical (unpaired) electrons. The number of piperidine rings is 1. The maximum Gasteiger partial charge on any atom is 0.316 e. The molecule has 4 nitrogen and oxygen atoms in total. The summed E-state index contributed by atoms with van der Waals surface area (Å²) in [6, 6.07) is 0.604. The van der Waals surface area contributed by atoms with Crippen LogP contribution in [0.4, 0.5) is 4.79 Å². The Kier molecular flexibility index (Phi) is 4.73. The minimum atomic E-state index is 0.000749. The number of urea groups is 1. The maximum atomic E-state index is 11.2. The van der Waals surface area contributed by atoms with Crippen LogP contribution in [0.5, 0.6) is 0 Å². The number of hydrogen-bond donors (Lipinski definition) is 2. The van der Waals surface area contributed by atoms with Crippen LogP contribution in [-0.2, 0) is 0 Å². The quantitative estimate of drug-likeness (QED) is 0.706. The van der Waals surface area contributed by atoms with Crippen molar-refractivity contribution in [3.8, 4) is 0 Å². The molecule has 4 heteroatoms. The molecule has 1 unspecified atom stereocenters. The first kappa shape index (κ1) is 11.3. The molecule has 0 aromatic heterocycles. The van der Waals surface area contributed by atoms with Crippen molar-refractivity contribution in [1.29, 1.82) is 0 Å². The fourth-order valence-corrected chi connectivity index (χ4v) is 1.68. The van der Waals surface area contributed by atoms with Gasteiger partial charge in [-0.3, -0.25) is 0 Å². The van der Waals surface area contributed by atoms with Crippen LogP contribution in [0.25, 0.3) is 0 Å². The Hall–Kier alpha value is -0.770. The Labute approximate surface area is 86.0 Å². The Morgan fingerprint density at radius 1 is 1.50 bits per heavy atom. The minimum absolute atomic E-state index is 0.000749. The Bertz CT molecular complexity index is 176. The van der Waals surface area contributed by atoms with Crippen LogP contribution in [0.1, 0.15) is 25.7 Å². The molecular formula is C10H21N3O. The monoisotopic (exact) mass is 199 g/mol. The lowest BCUT2D eigenvalue weighted by Crippen LogP contribution is -2.40. The van der Waals surface area contributed by atoms with Crippen LogP contribution in [0.2, 0.25) is 0 Å². The van der Waals surface area contributed by atoms with Crippen LogP contribution < -0.4 is 10.6 Å². The number of amides is 2. The lowest BCUT2D eigenvalue weighted by atomic mass is 10.0. The highest BCUT2D eigenvalue weighted by molar-refractivity contribution is 5.73. The number of nitrogens with zero attached hydrogens (tertiary/aromatic N) is 1. The maximum absolute atomic E-state index is 11.2. The van der Waals surface area contributed by atoms with E-state index in [4.69, 9.17) is 0 Å². The first-order valence-electron chi connectivity index (χ1n) is 5.38. The second kappa shape index (κ2) is 5.86. The van der Waals surface area contributed by atoms with Gasteiger partial charge in [0.1, 0.15) is 0 Å². The molecule has 1 atom stereocenters. The van der Waals surface area contributed by atoms with Gasteiger partial charge in [-0.1, -0.05) is 6.42 Å². The van der Waals surface area contributed by atoms with Crippen LogP contribution in [-0.4, -0.2) is 44.2 Å². The molecule has 2 N–H and O–H groups in total. The lowest BCUT2D eigenvalue weighted by Gasteiger charge is -2.23. The number of carbonyl (C=O) groups is 1. The summed E-state index contributed by atoms with van der Waals surface area (Å²) in [5.41, 5.74) is 0. The van der Waals surface area contributed by atoms with Crippen molar-refractivity contribution in [3.05, 3.63) is 0 Å². The van der Waals surface area contributed by atoms with Gasteiger partial charge in [0.25, 0.3) is 0 Å². The minimum Gasteiger partial charge on any atom is -0.338 e. The highest BCUT2D eigenvalue weighted by Crippen LogP contribution is 2.08. The Morgan fingerprint density at radius 3 is 2.86 bits per heavy atom. The van der Waals surface area contributed by atoms with Crippen molar-refractivity contribution in [1.82, 2.24) is 15.5 Å². The average molecular weight is 199 g/mol. The fourth-order valence-electron chi connectivity index (χ4n) is 1.68. The predicted molar refractivity (Wildman–Crippen MR) is 57.3 cm³/mol. The van der Waals surface area contributed by atoms with E-state index >= 15 is 0 Å². The largest absolute Gasteiger partial charge is 0.338 e. The summed E-state index contributed by atoms with van der Waals surface area (Å²) in [4.78, 5) is 12.7. The van der Waals surface area contributed by atoms with Gasteiger partial charge in [0.05, 0.1) is 0 Å². The fraction of sp³-hybridized carbons (Fsp3) is 0.900. The van der Waals surface area contributed by atoms with E-state index in [0.29, 0.717) is 6.04 Å². The molecule has 1 saturated heterocycles. The third-order valence-corrected chi connectivity index (χ3v) is 2.59. The Morgan fingerprint density at radius 2 is 2.29 bits per heavy atom. The molecule has 1 rings (SSSR count). The third kappa shape index (κ3) is 3.96. The molecule has 82 valence electrons. The van der Waals surface area contributed by atoms with Crippen LogP contribution in [0, 0.1) is 0 Å². The first-order chi connectivity index (χ1) is 6.70. The summed E-state index contributed by atoms with van der Waals surface area (Å²) in [6.45, 7) is 1.90. The van der Waals surface area contributed by atoms with Crippen LogP contribution in [0.15, 0.2) is 0 Å². The number of carbonyl (C=O) groups excluding carboxylic acids is 1. The van der Waals surface area contributed by atoms with Crippen LogP contribution in [0.3, 0.4) is 0 Å². The molecule has 0 aromatic rings. The molecule has 0 aromatic carbocycles. The van der Waals surface area contributed by atoms with Gasteiger partial charge in [-0.15, -0.1) is 0 Å². The summed E-state index contributed by atoms with van der Waals surface area (Å²) in [6.07, 6.45) is 4.90. The van der Waals surface area contributed by atoms with Gasteiger partial charge < -0.3 is 15.5 Å². The molecule has 0 bridgehead atoms. The predicted octanol–water partition coefficient (Wildman–Crippen LogP) is 0.790. The number of nitrogens with one attached hydrogen (secondary N) is 2. The number of hydrogen-bond acceptors (Lipinski definition) is 2. The van der Waals surface area contributed by atoms with Gasteiger partial charge in [0.15, 0.2) is 0 Å². The van der Waals surface area contributed by atoms with E-state index < -0.39 is 0 Å². The summed E-state index contributed by atoms with van der Waals surface area (Å²) < 4.78 is 0. The van der Waals surface area contributed by atoms with Crippen molar-refractivity contribution in [3.63, 3.8) is 0 Å². The van der Waals surface area contributed by atoms with E-state index in [1.807, 2.05) is 0 Å². The third-order valence-electron chi connectivity index (χ3n) is 2.59. The number of rotatable bonds is 3. The standard InChI is InChI=1S/C10H21N3O/c1-13(2)10(14)12-8-6-9-5-3-4-7-11-9/h9,11H,3-8H2,1-2H3,(H,12,14). The topological polar surface area (TPSA) is 44.4 Å². The van der Waals surface area contributed by atoms with Crippen LogP contribution >= 0.6 is 0 Å². The zero-order chi connectivity index (χ0) is 10.4. The molecule has 0 saturated carbocycles. The lowest BCUT2D eigenvalue weighted by molar-refractivity contribution is 0.216. The highest BCUT2D eigenvalue weighted by Gasteiger charge is 2.12. The molecule has 0 spiro atoms. The summed E-state index contributed by atoms with van der Waals surface area (Å²) >= 11 is 0. The van der Waals surface area contributed by atoms with Gasteiger partial charge in [-0.2, -0.15) is 0 Å². The smallest absolute Gasteiger partial charge is 0.316 e. The summed E-state index contributed by atoms with van der Waals surface area (Å²) in [7, 11) is 3.52. The van der Waals surface area contributed by atoms with Crippen molar-refractivity contribution < 1.29 is 4.79 Å². The first-order valence-corrected chi connectivity index (χ1v) is 5.38. The van der Waals surface area contributed by atoms with Gasteiger partial charge in [0.2, 0.25) is 0 Å². The zero-order valence-electron chi connectivity index (χ0n) is 9.18. The van der Waals surface area contributed by atoms with Gasteiger partial charge in [0, 0.05) is 26.7 Å². The van der Waals surface area contributed by atoms with Crippen molar-refractivity contribution in [2.75, 3.05) is 27.2 Å². The van der Waals surface area contributed by atoms with E-state index in [2.05, 4.69) is 10.6 Å². The van der Waals surface area contributed by atoms with E-state index in [0.717, 1.165) is 19.5 Å². The molecule has 14 heavy (non-hydrogen) atoms. The van der Waals surface area contributed by atoms with E-state index in [1.165, 1.54) is 19.3 Å². The second-order valence-corrected chi connectivity index (χ2v) is 4.06. The van der Waals surface area contributed by atoms with Gasteiger partial charge in [-0.05, 0) is 25.8 Å². The SMILES string of the molecule is CN(C)C(=O)NCCC1CCCCN1. The van der Waals surface area contributed by atoms with Gasteiger partial charge >= 0.3 is 6.03 Å². The van der Waals surface area contributed by atoms with Crippen molar-refractivity contribution in [2.24, 2.45) is 0 Å². The molecule has 2 amide bonds. The summed E-state index contributed by atoms with van der Waals surface area (Å²) in [5, 5.41) is 6.33. The molecular weight excluding hydrogens is 178 g/mol. The normalized spacial score (nSPS) is 21.7. The molecule has 1 heterocycles. The van der Waals surface area contributed by atoms with Gasteiger partial charge in [-0.25, -0.2) is 4.79 Å². The van der Waals surface area contributed by atoms with E-state index in [1.54, 1.807) is 19.0 Å². The molecule has 0 aliphatic carbocycles. The molecule has 1 aliphatic heterocycles. The van der Waals surface area contributed by atoms with Crippen molar-refractivity contribution in [2.45, 2.75) is 31.7 Å². The Balaban J connectivity index is 2.05. The van der Waals surface area contributed by atoms with E-state index in [9.17, 15) is 4.79 Å². The molecule has 1 fully saturated rings. The summed E-state index contributed by atoms with van der Waals surface area (Å²) in [5.74, 6) is 0. The highest BCUT2D eigenvalue weighted by atomic mass is 16.2. The zero-order valence-corrected chi connectivity index (χ0v) is 9.18. The second-order valence-electron chi connectivity index (χ2n) is 4.06. The van der Waals surface area contributed by atoms with E-state index in [-0.39, 0.29) is 6.03 Å².